The second kappa shape index (κ2) is 6.08. The lowest BCUT2D eigenvalue weighted by Crippen LogP contribution is -2.23. The number of pyridine rings is 1. The first-order chi connectivity index (χ1) is 9.97. The molecule has 0 aliphatic carbocycles. The van der Waals surface area contributed by atoms with Crippen molar-refractivity contribution in [3.63, 3.8) is 0 Å². The summed E-state index contributed by atoms with van der Waals surface area (Å²) in [5.41, 5.74) is 0.344. The molecule has 0 atom stereocenters. The predicted molar refractivity (Wildman–Crippen MR) is 68.7 cm³/mol. The van der Waals surface area contributed by atoms with Crippen molar-refractivity contribution >= 4 is 11.9 Å². The first-order valence-electron chi connectivity index (χ1n) is 5.89. The van der Waals surface area contributed by atoms with Gasteiger partial charge in [0.25, 0.3) is 5.91 Å². The van der Waals surface area contributed by atoms with Gasteiger partial charge in [-0.3, -0.25) is 9.78 Å². The lowest BCUT2D eigenvalue weighted by atomic mass is 10.2. The number of hydrogen-bond acceptors (Lipinski definition) is 3. The number of nitrogens with zero attached hydrogens (tertiary/aromatic N) is 1. The summed E-state index contributed by atoms with van der Waals surface area (Å²) in [4.78, 5) is 26.5. The van der Waals surface area contributed by atoms with E-state index in [-0.39, 0.29) is 17.7 Å². The molecule has 1 amide bonds. The number of rotatable bonds is 4. The molecule has 2 N–H and O–H groups in total. The third kappa shape index (κ3) is 3.59. The first-order valence-corrected chi connectivity index (χ1v) is 5.89. The predicted octanol–water partition coefficient (Wildman–Crippen LogP) is 1.99. The topological polar surface area (TPSA) is 79.3 Å². The molecule has 21 heavy (non-hydrogen) atoms. The molecule has 0 unspecified atom stereocenters. The molecule has 0 fully saturated rings. The Hall–Kier alpha value is -2.83. The zero-order valence-electron chi connectivity index (χ0n) is 10.6. The smallest absolute Gasteiger partial charge is 0.335 e. The molecule has 1 heterocycles. The van der Waals surface area contributed by atoms with Gasteiger partial charge in [0.15, 0.2) is 11.6 Å². The molecule has 0 aliphatic heterocycles. The average Bonchev–Trinajstić information content (AvgIpc) is 2.48. The van der Waals surface area contributed by atoms with E-state index in [2.05, 4.69) is 10.3 Å². The summed E-state index contributed by atoms with van der Waals surface area (Å²) in [6, 6.07) is 5.42. The summed E-state index contributed by atoms with van der Waals surface area (Å²) in [5.74, 6) is -3.88. The SMILES string of the molecule is O=C(O)c1ccnc(CNC(=O)c2ccc(F)c(F)c2)c1. The number of aromatic nitrogens is 1. The number of carbonyl (C=O) groups excluding carboxylic acids is 1. The van der Waals surface area contributed by atoms with Crippen LogP contribution in [0.15, 0.2) is 36.5 Å². The van der Waals surface area contributed by atoms with Crippen LogP contribution >= 0.6 is 0 Å². The van der Waals surface area contributed by atoms with Gasteiger partial charge in [0.1, 0.15) is 0 Å². The van der Waals surface area contributed by atoms with Gasteiger partial charge in [0.2, 0.25) is 0 Å². The Morgan fingerprint density at radius 1 is 1.10 bits per heavy atom. The Morgan fingerprint density at radius 3 is 2.52 bits per heavy atom. The van der Waals surface area contributed by atoms with Gasteiger partial charge >= 0.3 is 5.97 Å². The Bertz CT molecular complexity index is 704. The lowest BCUT2D eigenvalue weighted by Gasteiger charge is -2.06. The number of benzene rings is 1. The normalized spacial score (nSPS) is 10.2. The number of hydrogen-bond donors (Lipinski definition) is 2. The third-order valence-electron chi connectivity index (χ3n) is 2.68. The van der Waals surface area contributed by atoms with E-state index in [4.69, 9.17) is 5.11 Å². The Kier molecular flexibility index (Phi) is 4.22. The van der Waals surface area contributed by atoms with E-state index in [0.717, 1.165) is 18.2 Å². The van der Waals surface area contributed by atoms with Crippen molar-refractivity contribution in [1.29, 1.82) is 0 Å². The highest BCUT2D eigenvalue weighted by Crippen LogP contribution is 2.09. The monoisotopic (exact) mass is 292 g/mol. The molecule has 0 radical (unpaired) electrons. The molecule has 5 nitrogen and oxygen atoms in total. The summed E-state index contributed by atoms with van der Waals surface area (Å²) in [6.45, 7) is -0.0288. The number of carboxylic acids is 1. The van der Waals surface area contributed by atoms with Crippen molar-refractivity contribution in [3.05, 3.63) is 65.0 Å². The van der Waals surface area contributed by atoms with E-state index in [0.29, 0.717) is 5.69 Å². The van der Waals surface area contributed by atoms with Crippen molar-refractivity contribution in [3.8, 4) is 0 Å². The molecule has 7 heteroatoms. The minimum absolute atomic E-state index is 0.0288. The van der Waals surface area contributed by atoms with Crippen LogP contribution in [0.1, 0.15) is 26.4 Å². The first kappa shape index (κ1) is 14.6. The number of nitrogens with one attached hydrogen (secondary N) is 1. The fraction of sp³-hybridized carbons (Fsp3) is 0.0714. The maximum absolute atomic E-state index is 13.0. The van der Waals surface area contributed by atoms with Crippen molar-refractivity contribution in [2.45, 2.75) is 6.54 Å². The molecule has 108 valence electrons. The van der Waals surface area contributed by atoms with Crippen LogP contribution in [0, 0.1) is 11.6 Å². The maximum atomic E-state index is 13.0. The quantitative estimate of drug-likeness (QED) is 0.903. The molecule has 1 aromatic heterocycles. The van der Waals surface area contributed by atoms with E-state index in [1.807, 2.05) is 0 Å². The zero-order valence-corrected chi connectivity index (χ0v) is 10.6. The van der Waals surface area contributed by atoms with Gasteiger partial charge in [-0.25, -0.2) is 13.6 Å². The molecule has 0 bridgehead atoms. The van der Waals surface area contributed by atoms with Crippen LogP contribution in [0.4, 0.5) is 8.78 Å². The highest BCUT2D eigenvalue weighted by Gasteiger charge is 2.10. The molecule has 0 saturated heterocycles. The highest BCUT2D eigenvalue weighted by atomic mass is 19.2. The molecule has 1 aromatic carbocycles. The number of carboxylic acid groups (broad SMARTS) is 1. The minimum atomic E-state index is -1.12. The standard InChI is InChI=1S/C14H10F2N2O3/c15-11-2-1-8(6-12(11)16)13(19)18-7-10-5-9(14(20)21)3-4-17-10/h1-6H,7H2,(H,18,19)(H,20,21). The molecule has 2 rings (SSSR count). The second-order valence-electron chi connectivity index (χ2n) is 4.15. The Morgan fingerprint density at radius 2 is 1.86 bits per heavy atom. The van der Waals surface area contributed by atoms with Gasteiger partial charge in [-0.2, -0.15) is 0 Å². The van der Waals surface area contributed by atoms with E-state index < -0.39 is 23.5 Å². The van der Waals surface area contributed by atoms with Gasteiger partial charge in [-0.1, -0.05) is 0 Å². The van der Waals surface area contributed by atoms with Crippen LogP contribution < -0.4 is 5.32 Å². The number of carbonyl (C=O) groups is 2. The van der Waals surface area contributed by atoms with Crippen molar-refractivity contribution in [2.24, 2.45) is 0 Å². The van der Waals surface area contributed by atoms with Crippen molar-refractivity contribution < 1.29 is 23.5 Å². The number of amides is 1. The van der Waals surface area contributed by atoms with Gasteiger partial charge in [0.05, 0.1) is 17.8 Å². The second-order valence-corrected chi connectivity index (χ2v) is 4.15. The van der Waals surface area contributed by atoms with E-state index in [1.165, 1.54) is 18.3 Å². The fourth-order valence-corrected chi connectivity index (χ4v) is 1.62. The van der Waals surface area contributed by atoms with Crippen LogP contribution in [0.2, 0.25) is 0 Å². The molecular formula is C14H10F2N2O3. The van der Waals surface area contributed by atoms with E-state index in [1.54, 1.807) is 0 Å². The highest BCUT2D eigenvalue weighted by molar-refractivity contribution is 5.94. The Balaban J connectivity index is 2.05. The van der Waals surface area contributed by atoms with Crippen molar-refractivity contribution in [2.75, 3.05) is 0 Å². The van der Waals surface area contributed by atoms with Crippen LogP contribution in [0.25, 0.3) is 0 Å². The van der Waals surface area contributed by atoms with Gasteiger partial charge in [0, 0.05) is 11.8 Å². The fourth-order valence-electron chi connectivity index (χ4n) is 1.62. The van der Waals surface area contributed by atoms with Crippen molar-refractivity contribution in [1.82, 2.24) is 10.3 Å². The van der Waals surface area contributed by atoms with E-state index >= 15 is 0 Å². The number of halogens is 2. The van der Waals surface area contributed by atoms with E-state index in [9.17, 15) is 18.4 Å². The molecule has 0 saturated carbocycles. The summed E-state index contributed by atoms with van der Waals surface area (Å²) >= 11 is 0. The third-order valence-corrected chi connectivity index (χ3v) is 2.68. The number of aromatic carboxylic acids is 1. The average molecular weight is 292 g/mol. The summed E-state index contributed by atoms with van der Waals surface area (Å²) < 4.78 is 25.8. The summed E-state index contributed by atoms with van der Waals surface area (Å²) in [7, 11) is 0. The molecular weight excluding hydrogens is 282 g/mol. The van der Waals surface area contributed by atoms with Crippen LogP contribution in [-0.4, -0.2) is 22.0 Å². The van der Waals surface area contributed by atoms with Gasteiger partial charge in [-0.05, 0) is 30.3 Å². The summed E-state index contributed by atoms with van der Waals surface area (Å²) in [5, 5.41) is 11.3. The van der Waals surface area contributed by atoms with Gasteiger partial charge in [-0.15, -0.1) is 0 Å². The molecule has 0 aliphatic rings. The lowest BCUT2D eigenvalue weighted by molar-refractivity contribution is 0.0696. The maximum Gasteiger partial charge on any atom is 0.335 e. The summed E-state index contributed by atoms with van der Waals surface area (Å²) in [6.07, 6.45) is 1.31. The zero-order chi connectivity index (χ0) is 15.4. The van der Waals surface area contributed by atoms with Gasteiger partial charge < -0.3 is 10.4 Å². The van der Waals surface area contributed by atoms with Crippen LogP contribution in [-0.2, 0) is 6.54 Å². The molecule has 0 spiro atoms. The van der Waals surface area contributed by atoms with Crippen LogP contribution in [0.3, 0.4) is 0 Å². The molecule has 2 aromatic rings. The van der Waals surface area contributed by atoms with Crippen LogP contribution in [0.5, 0.6) is 0 Å². The Labute approximate surface area is 118 Å². The minimum Gasteiger partial charge on any atom is -0.478 e. The largest absolute Gasteiger partial charge is 0.478 e.